The SMILES string of the molecule is COC(=O)C1=C(C)N2CCc3ccsc3[C@]2(C)[C@H](C(=O)OC)[C@@H]1c1ccccc1. The predicted octanol–water partition coefficient (Wildman–Crippen LogP) is 3.86. The Balaban J connectivity index is 2.04. The van der Waals surface area contributed by atoms with Gasteiger partial charge in [-0.1, -0.05) is 30.3 Å². The second-order valence-electron chi connectivity index (χ2n) is 7.70. The van der Waals surface area contributed by atoms with E-state index in [1.165, 1.54) is 24.7 Å². The van der Waals surface area contributed by atoms with Gasteiger partial charge in [0.2, 0.25) is 0 Å². The fraction of sp³-hybridized carbons (Fsp3) is 0.391. The normalized spacial score (nSPS) is 25.9. The first-order valence-corrected chi connectivity index (χ1v) is 10.6. The van der Waals surface area contributed by atoms with Gasteiger partial charge in [0, 0.05) is 23.0 Å². The van der Waals surface area contributed by atoms with E-state index < -0.39 is 23.3 Å². The summed E-state index contributed by atoms with van der Waals surface area (Å²) in [6.07, 6.45) is 0.879. The van der Waals surface area contributed by atoms with E-state index in [9.17, 15) is 9.59 Å². The van der Waals surface area contributed by atoms with Gasteiger partial charge in [-0.05, 0) is 42.8 Å². The number of esters is 2. The maximum absolute atomic E-state index is 13.3. The summed E-state index contributed by atoms with van der Waals surface area (Å²) < 4.78 is 10.5. The number of ether oxygens (including phenoxy) is 2. The van der Waals surface area contributed by atoms with Crippen molar-refractivity contribution in [2.24, 2.45) is 5.92 Å². The third-order valence-corrected chi connectivity index (χ3v) is 7.62. The van der Waals surface area contributed by atoms with E-state index in [1.807, 2.05) is 37.3 Å². The zero-order valence-corrected chi connectivity index (χ0v) is 17.9. The first kappa shape index (κ1) is 19.7. The van der Waals surface area contributed by atoms with Gasteiger partial charge in [-0.2, -0.15) is 0 Å². The zero-order chi connectivity index (χ0) is 20.8. The van der Waals surface area contributed by atoms with Crippen LogP contribution in [0.2, 0.25) is 0 Å². The second-order valence-corrected chi connectivity index (χ2v) is 8.62. The standard InChI is InChI=1S/C23H25NO4S/c1-14-17(21(25)27-3)18(15-8-6-5-7-9-15)19(22(26)28-4)23(2)20-16(11-13-29-20)10-12-24(14)23/h5-9,11,13,18-19H,10,12H2,1-4H3/t18-,19+,23+/m1/s1. The number of methoxy groups -OCH3 is 2. The third-order valence-electron chi connectivity index (χ3n) is 6.44. The molecule has 0 saturated carbocycles. The Morgan fingerprint density at radius 2 is 1.86 bits per heavy atom. The number of carbonyl (C=O) groups is 2. The lowest BCUT2D eigenvalue weighted by Crippen LogP contribution is -2.59. The highest BCUT2D eigenvalue weighted by Gasteiger charge is 2.58. The number of benzene rings is 1. The average Bonchev–Trinajstić information content (AvgIpc) is 3.23. The molecule has 1 aromatic carbocycles. The first-order valence-electron chi connectivity index (χ1n) is 9.71. The van der Waals surface area contributed by atoms with Gasteiger partial charge < -0.3 is 14.4 Å². The Bertz CT molecular complexity index is 980. The number of thiophene rings is 1. The van der Waals surface area contributed by atoms with Crippen molar-refractivity contribution in [2.45, 2.75) is 31.7 Å². The number of nitrogens with zero attached hydrogens (tertiary/aromatic N) is 1. The second kappa shape index (κ2) is 7.34. The summed E-state index contributed by atoms with van der Waals surface area (Å²) in [5.41, 5.74) is 2.98. The molecule has 0 spiro atoms. The zero-order valence-electron chi connectivity index (χ0n) is 17.1. The average molecular weight is 412 g/mol. The fourth-order valence-corrected chi connectivity index (χ4v) is 6.31. The summed E-state index contributed by atoms with van der Waals surface area (Å²) in [5.74, 6) is -1.75. The Morgan fingerprint density at radius 1 is 1.14 bits per heavy atom. The smallest absolute Gasteiger partial charge is 0.336 e. The van der Waals surface area contributed by atoms with Crippen LogP contribution >= 0.6 is 11.3 Å². The summed E-state index contributed by atoms with van der Waals surface area (Å²) in [4.78, 5) is 29.6. The van der Waals surface area contributed by atoms with Crippen molar-refractivity contribution in [2.75, 3.05) is 20.8 Å². The van der Waals surface area contributed by atoms with Gasteiger partial charge >= 0.3 is 11.9 Å². The van der Waals surface area contributed by atoms with E-state index in [1.54, 1.807) is 11.3 Å². The molecular formula is C23H25NO4S. The van der Waals surface area contributed by atoms with Gasteiger partial charge in [0.25, 0.3) is 0 Å². The van der Waals surface area contributed by atoms with Crippen LogP contribution in [0.4, 0.5) is 0 Å². The number of rotatable bonds is 3. The number of fused-ring (bicyclic) bond motifs is 3. The largest absolute Gasteiger partial charge is 0.469 e. The molecule has 0 N–H and O–H groups in total. The molecule has 0 amide bonds. The minimum Gasteiger partial charge on any atom is -0.469 e. The number of carbonyl (C=O) groups excluding carboxylic acids is 2. The molecule has 2 aromatic rings. The number of allylic oxidation sites excluding steroid dienone is 1. The van der Waals surface area contributed by atoms with E-state index in [0.717, 1.165) is 24.2 Å². The minimum absolute atomic E-state index is 0.318. The van der Waals surface area contributed by atoms with Gasteiger partial charge in [0.1, 0.15) is 0 Å². The van der Waals surface area contributed by atoms with E-state index in [4.69, 9.17) is 9.47 Å². The van der Waals surface area contributed by atoms with Gasteiger partial charge in [-0.15, -0.1) is 11.3 Å². The third kappa shape index (κ3) is 2.81. The van der Waals surface area contributed by atoms with Crippen LogP contribution in [0, 0.1) is 5.92 Å². The summed E-state index contributed by atoms with van der Waals surface area (Å²) in [7, 11) is 2.80. The van der Waals surface area contributed by atoms with Gasteiger partial charge in [0.15, 0.2) is 0 Å². The summed E-state index contributed by atoms with van der Waals surface area (Å²) in [6, 6.07) is 11.9. The molecule has 4 rings (SSSR count). The van der Waals surface area contributed by atoms with Crippen molar-refractivity contribution in [1.29, 1.82) is 0 Å². The topological polar surface area (TPSA) is 55.8 Å². The number of hydrogen-bond donors (Lipinski definition) is 0. The molecule has 3 atom stereocenters. The highest BCUT2D eigenvalue weighted by molar-refractivity contribution is 7.10. The Labute approximate surface area is 174 Å². The lowest BCUT2D eigenvalue weighted by atomic mass is 9.64. The predicted molar refractivity (Wildman–Crippen MR) is 111 cm³/mol. The van der Waals surface area contributed by atoms with Gasteiger partial charge in [-0.25, -0.2) is 4.79 Å². The van der Waals surface area contributed by atoms with Crippen LogP contribution in [0.3, 0.4) is 0 Å². The maximum Gasteiger partial charge on any atom is 0.336 e. The molecule has 0 saturated heterocycles. The Morgan fingerprint density at radius 3 is 2.52 bits per heavy atom. The molecule has 0 aliphatic carbocycles. The van der Waals surface area contributed by atoms with Gasteiger partial charge in [0.05, 0.1) is 31.2 Å². The molecule has 1 aromatic heterocycles. The van der Waals surface area contributed by atoms with Crippen molar-refractivity contribution in [3.05, 3.63) is 69.1 Å². The van der Waals surface area contributed by atoms with Crippen molar-refractivity contribution >= 4 is 23.3 Å². The molecule has 29 heavy (non-hydrogen) atoms. The van der Waals surface area contributed by atoms with Crippen molar-refractivity contribution in [1.82, 2.24) is 4.90 Å². The minimum atomic E-state index is -0.600. The van der Waals surface area contributed by atoms with E-state index in [2.05, 4.69) is 23.3 Å². The quantitative estimate of drug-likeness (QED) is 0.718. The van der Waals surface area contributed by atoms with Crippen LogP contribution in [-0.4, -0.2) is 37.6 Å². The lowest BCUT2D eigenvalue weighted by Gasteiger charge is -2.55. The highest BCUT2D eigenvalue weighted by Crippen LogP contribution is 2.56. The van der Waals surface area contributed by atoms with E-state index >= 15 is 0 Å². The molecule has 152 valence electrons. The van der Waals surface area contributed by atoms with Gasteiger partial charge in [-0.3, -0.25) is 4.79 Å². The van der Waals surface area contributed by atoms with Crippen LogP contribution in [0.15, 0.2) is 53.0 Å². The molecule has 0 bridgehead atoms. The molecule has 0 radical (unpaired) electrons. The molecular weight excluding hydrogens is 386 g/mol. The molecule has 6 heteroatoms. The van der Waals surface area contributed by atoms with Crippen molar-refractivity contribution < 1.29 is 19.1 Å². The molecule has 5 nitrogen and oxygen atoms in total. The lowest BCUT2D eigenvalue weighted by molar-refractivity contribution is -0.154. The van der Waals surface area contributed by atoms with Crippen molar-refractivity contribution in [3.63, 3.8) is 0 Å². The Kier molecular flexibility index (Phi) is 4.99. The van der Waals surface area contributed by atoms with Crippen LogP contribution < -0.4 is 0 Å². The molecule has 3 heterocycles. The first-order chi connectivity index (χ1) is 13.9. The maximum atomic E-state index is 13.3. The van der Waals surface area contributed by atoms with Crippen LogP contribution in [-0.2, 0) is 31.0 Å². The summed E-state index contributed by atoms with van der Waals surface area (Å²) in [5, 5.41) is 2.08. The van der Waals surface area contributed by atoms with Crippen LogP contribution in [0.1, 0.15) is 35.8 Å². The molecule has 0 fully saturated rings. The summed E-state index contributed by atoms with van der Waals surface area (Å²) >= 11 is 1.67. The van der Waals surface area contributed by atoms with E-state index in [0.29, 0.717) is 5.57 Å². The molecule has 2 aliphatic rings. The van der Waals surface area contributed by atoms with Crippen LogP contribution in [0.5, 0.6) is 0 Å². The highest BCUT2D eigenvalue weighted by atomic mass is 32.1. The van der Waals surface area contributed by atoms with Crippen molar-refractivity contribution in [3.8, 4) is 0 Å². The van der Waals surface area contributed by atoms with Crippen LogP contribution in [0.25, 0.3) is 0 Å². The summed E-state index contributed by atoms with van der Waals surface area (Å²) in [6.45, 7) is 4.81. The molecule has 2 aliphatic heterocycles. The van der Waals surface area contributed by atoms with E-state index in [-0.39, 0.29) is 5.97 Å². The monoisotopic (exact) mass is 411 g/mol. The fourth-order valence-electron chi connectivity index (χ4n) is 5.15. The number of hydrogen-bond acceptors (Lipinski definition) is 6. The molecule has 0 unspecified atom stereocenters. The Hall–Kier alpha value is -2.60.